The molecule has 10 heteroatoms. The second-order valence-corrected chi connectivity index (χ2v) is 31.2. The Morgan fingerprint density at radius 2 is 1.38 bits per heavy atom. The van der Waals surface area contributed by atoms with Crippen molar-refractivity contribution < 1.29 is 28.3 Å². The van der Waals surface area contributed by atoms with Crippen molar-refractivity contribution in [2.24, 2.45) is 35.0 Å². The number of nitrogens with one attached hydrogen (secondary N) is 1. The minimum absolute atomic E-state index is 0.0833. The number of aromatic nitrogens is 1. The zero-order valence-electron chi connectivity index (χ0n) is 65.7. The molecule has 3 saturated carbocycles. The molecule has 0 saturated heterocycles. The Labute approximate surface area is 603 Å². The summed E-state index contributed by atoms with van der Waals surface area (Å²) in [6, 6.07) is 13.0. The number of ether oxygens (including phenoxy) is 1. The van der Waals surface area contributed by atoms with Gasteiger partial charge in [0, 0.05) is 47.9 Å². The average Bonchev–Trinajstić information content (AvgIpc) is 1.60. The Hall–Kier alpha value is -3.86. The number of methoxy groups -OCH3 is 1. The standard InChI is InChI=1S/C20H30N2OS.C17H28.C14H19BrO.C10H18O.C7H14.C6H9FO.C6H14O.C6H12/c1-4-6-8-18(7-5-2)20(23)21-13-16-9-11-17(12-10-16)19-15(3)22-14-24-19;1-5-7-8-10-16(9-6-2)17-12-11-14(3)15(4)13-17;1-4-7-11-8-6-9-12(15)13(11)14(16)10(3)5-2;1-8(9(2)11)10(3)6-4-5-7-10;1-5-7(4)6(2)3;1-2-5(8)6(7)3-4-6;1-5-6(2,3)7-4;1-6-4-2-3-5-6/h9,11,14,18H,4-8,10,12-13H2,1-3H3,(H,21,23);11-13,16H,5-10H2,1-4H3;6,8-10H,4-5,7H2,1-3H3;8H,4-7H2,1-3H3;7H,2,5H2,1,3-4H3;2-4H2,1H3;5H2,1-4H3;6H,2-5H2,1H3. The molecule has 2 aromatic carbocycles. The van der Waals surface area contributed by atoms with Gasteiger partial charge >= 0.3 is 0 Å². The molecule has 5 atom stereocenters. The van der Waals surface area contributed by atoms with E-state index >= 15 is 0 Å². The fourth-order valence-electron chi connectivity index (χ4n) is 11.9. The van der Waals surface area contributed by atoms with Gasteiger partial charge in [-0.05, 0) is 195 Å². The number of nitrogens with zero attached hydrogens (tertiary/aromatic N) is 1. The molecule has 0 spiro atoms. The number of carbonyl (C=O) groups excluding carboxylic acids is 4. The van der Waals surface area contributed by atoms with Crippen LogP contribution in [0.25, 0.3) is 5.57 Å². The number of Topliss-reactive ketones (excluding diaryl/α,β-unsaturated/α-hetero) is 3. The first-order valence-corrected chi connectivity index (χ1v) is 40.0. The van der Waals surface area contributed by atoms with Crippen molar-refractivity contribution >= 4 is 56.1 Å². The van der Waals surface area contributed by atoms with Crippen molar-refractivity contribution in [3.8, 4) is 0 Å². The summed E-state index contributed by atoms with van der Waals surface area (Å²) in [6.45, 7) is 48.9. The summed E-state index contributed by atoms with van der Waals surface area (Å²) in [5.41, 5.74) is 12.5. The van der Waals surface area contributed by atoms with Crippen molar-refractivity contribution in [3.05, 3.63) is 115 Å². The SMILES string of the molecule is C=C(C)C(C)CC.CC(=O)C(C)C1(C)CCCC1.CC1CCCC1.CCC(=O)C1(F)CC1.CCC(C)(C)OC.CCCCC(CCC)C(=O)NCC1=CC=C(c2scnc2C)CC1.CCCCCC(CCC)c1ccc(C)c(C)c1.CCCc1cccc(Br)c1C(=O)C(C)CC. The number of allylic oxidation sites excluding steroid dienone is 4. The number of alkyl halides is 1. The summed E-state index contributed by atoms with van der Waals surface area (Å²) in [7, 11) is 1.74. The van der Waals surface area contributed by atoms with Gasteiger partial charge in [-0.25, -0.2) is 9.37 Å². The lowest BCUT2D eigenvalue weighted by Gasteiger charge is -2.29. The number of halogens is 2. The smallest absolute Gasteiger partial charge is 0.223 e. The number of unbranched alkanes of at least 4 members (excludes halogenated alkanes) is 3. The zero-order chi connectivity index (χ0) is 73.0. The van der Waals surface area contributed by atoms with Crippen molar-refractivity contribution in [2.45, 2.75) is 349 Å². The maximum Gasteiger partial charge on any atom is 0.223 e. The molecule has 7 nitrogen and oxygen atoms in total. The van der Waals surface area contributed by atoms with Gasteiger partial charge in [-0.1, -0.05) is 263 Å². The normalized spacial score (nSPS) is 16.5. The van der Waals surface area contributed by atoms with Crippen molar-refractivity contribution in [1.82, 2.24) is 10.3 Å². The maximum absolute atomic E-state index is 12.5. The number of ketones is 3. The van der Waals surface area contributed by atoms with E-state index in [2.05, 4.69) is 194 Å². The molecule has 0 radical (unpaired) electrons. The molecule has 0 bridgehead atoms. The van der Waals surface area contributed by atoms with Crippen LogP contribution in [0, 0.1) is 55.8 Å². The van der Waals surface area contributed by atoms with E-state index in [4.69, 9.17) is 4.74 Å². The fourth-order valence-corrected chi connectivity index (χ4v) is 13.3. The Morgan fingerprint density at radius 3 is 1.78 bits per heavy atom. The van der Waals surface area contributed by atoms with E-state index in [1.807, 2.05) is 24.6 Å². The Bertz CT molecular complexity index is 2700. The van der Waals surface area contributed by atoms with Gasteiger partial charge in [-0.3, -0.25) is 19.2 Å². The van der Waals surface area contributed by atoms with E-state index in [-0.39, 0.29) is 40.8 Å². The van der Waals surface area contributed by atoms with Gasteiger partial charge < -0.3 is 10.1 Å². The van der Waals surface area contributed by atoms with Gasteiger partial charge in [0.05, 0.1) is 21.7 Å². The highest BCUT2D eigenvalue weighted by Crippen LogP contribution is 2.44. The van der Waals surface area contributed by atoms with Crippen molar-refractivity contribution in [2.75, 3.05) is 13.7 Å². The van der Waals surface area contributed by atoms with E-state index in [9.17, 15) is 23.6 Å². The lowest BCUT2D eigenvalue weighted by molar-refractivity contribution is -0.125. The molecule has 7 rings (SSSR count). The first-order chi connectivity index (χ1) is 45.4. The number of thiazole rings is 1. The highest BCUT2D eigenvalue weighted by Gasteiger charge is 2.49. The third kappa shape index (κ3) is 37.0. The van der Waals surface area contributed by atoms with Crippen LogP contribution in [-0.2, 0) is 25.5 Å². The maximum atomic E-state index is 12.5. The number of aryl methyl sites for hydroxylation is 4. The molecule has 1 aromatic heterocycles. The molecule has 3 aromatic rings. The molecule has 4 aliphatic rings. The number of hydrogen-bond donors (Lipinski definition) is 1. The second-order valence-electron chi connectivity index (χ2n) is 29.5. The van der Waals surface area contributed by atoms with E-state index in [0.717, 1.165) is 98.2 Å². The Morgan fingerprint density at radius 1 is 0.760 bits per heavy atom. The van der Waals surface area contributed by atoms with Crippen LogP contribution < -0.4 is 5.32 Å². The molecule has 0 aliphatic heterocycles. The number of carbonyl (C=O) groups is 4. The second kappa shape index (κ2) is 51.3. The van der Waals surface area contributed by atoms with Gasteiger partial charge in [0.2, 0.25) is 5.91 Å². The van der Waals surface area contributed by atoms with Crippen LogP contribution in [0.4, 0.5) is 4.39 Å². The first-order valence-electron chi connectivity index (χ1n) is 38.3. The monoisotopic (exact) mass is 1410 g/mol. The van der Waals surface area contributed by atoms with E-state index in [1.165, 1.54) is 135 Å². The van der Waals surface area contributed by atoms with E-state index in [0.29, 0.717) is 42.9 Å². The summed E-state index contributed by atoms with van der Waals surface area (Å²) < 4.78 is 18.6. The third-order valence-electron chi connectivity index (χ3n) is 20.8. The molecule has 548 valence electrons. The lowest BCUT2D eigenvalue weighted by Crippen LogP contribution is -2.32. The number of amides is 1. The minimum atomic E-state index is -1.38. The number of benzene rings is 2. The molecule has 1 heterocycles. The Kier molecular flexibility index (Phi) is 49.2. The average molecular weight is 1420 g/mol. The molecule has 96 heavy (non-hydrogen) atoms. The Balaban J connectivity index is 0.00000113. The first kappa shape index (κ1) is 92.1. The highest BCUT2D eigenvalue weighted by atomic mass is 79.9. The quantitative estimate of drug-likeness (QED) is 0.0422. The van der Waals surface area contributed by atoms with Crippen LogP contribution in [0.15, 0.2) is 76.3 Å². The van der Waals surface area contributed by atoms with Gasteiger partial charge in [-0.15, -0.1) is 11.3 Å². The van der Waals surface area contributed by atoms with Crippen LogP contribution >= 0.6 is 27.3 Å². The largest absolute Gasteiger partial charge is 0.379 e. The van der Waals surface area contributed by atoms with Crippen molar-refractivity contribution in [3.63, 3.8) is 0 Å². The summed E-state index contributed by atoms with van der Waals surface area (Å²) in [5, 5.41) is 3.16. The van der Waals surface area contributed by atoms with E-state index in [1.54, 1.807) is 37.9 Å². The summed E-state index contributed by atoms with van der Waals surface area (Å²) in [6.07, 6.45) is 37.5. The van der Waals surface area contributed by atoms with E-state index < -0.39 is 5.67 Å². The molecule has 1 N–H and O–H groups in total. The number of hydrogen-bond acceptors (Lipinski definition) is 7. The van der Waals surface area contributed by atoms with Crippen molar-refractivity contribution in [1.29, 1.82) is 0 Å². The molecule has 4 aliphatic carbocycles. The zero-order valence-corrected chi connectivity index (χ0v) is 68.1. The summed E-state index contributed by atoms with van der Waals surface area (Å²) in [4.78, 5) is 52.0. The highest BCUT2D eigenvalue weighted by molar-refractivity contribution is 9.10. The predicted octanol–water partition coefficient (Wildman–Crippen LogP) is 26.6. The predicted molar refractivity (Wildman–Crippen MR) is 421 cm³/mol. The van der Waals surface area contributed by atoms with Gasteiger partial charge in [-0.2, -0.15) is 0 Å². The van der Waals surface area contributed by atoms with Gasteiger partial charge in [0.15, 0.2) is 17.2 Å². The molecular weight excluding hydrogens is 1270 g/mol. The van der Waals surface area contributed by atoms with Crippen LogP contribution in [0.2, 0.25) is 0 Å². The minimum Gasteiger partial charge on any atom is -0.379 e. The molecule has 5 unspecified atom stereocenters. The van der Waals surface area contributed by atoms with Crippen LogP contribution in [0.5, 0.6) is 0 Å². The fraction of sp³-hybridized carbons (Fsp3) is 0.709. The number of rotatable bonds is 29. The molecule has 1 amide bonds. The molecular formula is C86H144BrFN2O5S. The lowest BCUT2D eigenvalue weighted by atomic mass is 9.75. The molecule has 3 fully saturated rings. The topological polar surface area (TPSA) is 102 Å². The van der Waals surface area contributed by atoms with Crippen LogP contribution in [0.3, 0.4) is 0 Å². The summed E-state index contributed by atoms with van der Waals surface area (Å²) in [5.74, 6) is 3.73. The van der Waals surface area contributed by atoms with Gasteiger partial charge in [0.25, 0.3) is 0 Å². The van der Waals surface area contributed by atoms with Crippen LogP contribution in [-0.4, -0.2) is 53.2 Å². The van der Waals surface area contributed by atoms with Gasteiger partial charge in [0.1, 0.15) is 5.78 Å². The third-order valence-corrected chi connectivity index (χ3v) is 22.5. The summed E-state index contributed by atoms with van der Waals surface area (Å²) >= 11 is 5.21. The van der Waals surface area contributed by atoms with Crippen LogP contribution in [0.1, 0.15) is 354 Å².